The Morgan fingerprint density at radius 3 is 1.73 bits per heavy atom. The van der Waals surface area contributed by atoms with E-state index in [0.29, 0.717) is 19.3 Å². The van der Waals surface area contributed by atoms with Crippen LogP contribution in [0.25, 0.3) is 0 Å². The third-order valence-electron chi connectivity index (χ3n) is 3.31. The summed E-state index contributed by atoms with van der Waals surface area (Å²) in [7, 11) is -2.41. The zero-order valence-electron chi connectivity index (χ0n) is 11.9. The molecule has 9 heteroatoms. The molecule has 0 unspecified atom stereocenters. The number of benzene rings is 1. The van der Waals surface area contributed by atoms with Gasteiger partial charge < -0.3 is 14.0 Å². The van der Waals surface area contributed by atoms with Crippen LogP contribution in [0.3, 0.4) is 0 Å². The molecule has 3 nitrogen and oxygen atoms in total. The Morgan fingerprint density at radius 1 is 0.773 bits per heavy atom. The van der Waals surface area contributed by atoms with Crippen molar-refractivity contribution >= 4 is 8.80 Å². The van der Waals surface area contributed by atoms with Crippen LogP contribution in [0.5, 0.6) is 0 Å². The fourth-order valence-corrected chi connectivity index (χ4v) is 2.90. The molecule has 126 valence electrons. The first-order valence-electron chi connectivity index (χ1n) is 6.71. The monoisotopic (exact) mass is 344 g/mol. The molecule has 0 saturated heterocycles. The standard InChI is InChI=1S/C13H17F5O3Si/c1-21-22(19,20)7-5-3-2-4-6-8-9(14)11(16)13(18)12(17)10(8)15/h19-20H,2-7H2,1H3. The van der Waals surface area contributed by atoms with Crippen molar-refractivity contribution in [3.05, 3.63) is 34.6 Å². The van der Waals surface area contributed by atoms with E-state index in [4.69, 9.17) is 0 Å². The van der Waals surface area contributed by atoms with Crippen LogP contribution < -0.4 is 0 Å². The molecule has 0 heterocycles. The van der Waals surface area contributed by atoms with E-state index < -0.39 is 43.5 Å². The van der Waals surface area contributed by atoms with Crippen LogP contribution in [-0.2, 0) is 10.8 Å². The summed E-state index contributed by atoms with van der Waals surface area (Å²) in [6.45, 7) is 0. The molecular weight excluding hydrogens is 327 g/mol. The quantitative estimate of drug-likeness (QED) is 0.251. The van der Waals surface area contributed by atoms with E-state index in [1.165, 1.54) is 7.11 Å². The molecule has 2 N–H and O–H groups in total. The Hall–Kier alpha value is -1.03. The van der Waals surface area contributed by atoms with Gasteiger partial charge in [0.05, 0.1) is 0 Å². The van der Waals surface area contributed by atoms with E-state index in [0.717, 1.165) is 0 Å². The maximum Gasteiger partial charge on any atom is 0.495 e. The third-order valence-corrected chi connectivity index (χ3v) is 4.97. The molecule has 0 atom stereocenters. The average molecular weight is 344 g/mol. The molecule has 0 aliphatic heterocycles. The van der Waals surface area contributed by atoms with Gasteiger partial charge in [-0.3, -0.25) is 0 Å². The highest BCUT2D eigenvalue weighted by Crippen LogP contribution is 2.24. The van der Waals surface area contributed by atoms with Crippen molar-refractivity contribution in [1.82, 2.24) is 0 Å². The zero-order chi connectivity index (χ0) is 16.9. The van der Waals surface area contributed by atoms with E-state index in [9.17, 15) is 31.5 Å². The van der Waals surface area contributed by atoms with Gasteiger partial charge in [-0.1, -0.05) is 12.8 Å². The molecule has 0 fully saturated rings. The lowest BCUT2D eigenvalue weighted by Crippen LogP contribution is -2.37. The van der Waals surface area contributed by atoms with Crippen LogP contribution in [0, 0.1) is 29.1 Å². The molecule has 0 aromatic heterocycles. The Labute approximate surface area is 125 Å². The molecule has 0 aliphatic rings. The fraction of sp³-hybridized carbons (Fsp3) is 0.538. The summed E-state index contributed by atoms with van der Waals surface area (Å²) in [6.07, 6.45) is 1.35. The normalized spacial score (nSPS) is 12.0. The summed E-state index contributed by atoms with van der Waals surface area (Å²) < 4.78 is 70.1. The SMILES string of the molecule is CO[Si](O)(O)CCCCCCc1c(F)c(F)c(F)c(F)c1F. The maximum atomic E-state index is 13.4. The van der Waals surface area contributed by atoms with E-state index in [1.807, 2.05) is 0 Å². The lowest BCUT2D eigenvalue weighted by atomic mass is 10.0. The first-order chi connectivity index (χ1) is 10.2. The van der Waals surface area contributed by atoms with E-state index >= 15 is 0 Å². The van der Waals surface area contributed by atoms with Crippen LogP contribution >= 0.6 is 0 Å². The van der Waals surface area contributed by atoms with Gasteiger partial charge in [0, 0.05) is 18.7 Å². The van der Waals surface area contributed by atoms with Gasteiger partial charge in [0.2, 0.25) is 5.82 Å². The molecule has 1 aromatic carbocycles. The van der Waals surface area contributed by atoms with Crippen LogP contribution in [0.15, 0.2) is 0 Å². The summed E-state index contributed by atoms with van der Waals surface area (Å²) in [5, 5.41) is 0. The highest BCUT2D eigenvalue weighted by molar-refractivity contribution is 6.57. The van der Waals surface area contributed by atoms with Gasteiger partial charge in [0.15, 0.2) is 23.3 Å². The van der Waals surface area contributed by atoms with Crippen LogP contribution in [0.2, 0.25) is 6.04 Å². The third kappa shape index (κ3) is 4.73. The molecule has 0 amide bonds. The van der Waals surface area contributed by atoms with Gasteiger partial charge in [-0.2, -0.15) is 0 Å². The van der Waals surface area contributed by atoms with Gasteiger partial charge in [-0.15, -0.1) is 0 Å². The summed E-state index contributed by atoms with van der Waals surface area (Å²) in [5.41, 5.74) is -0.818. The largest absolute Gasteiger partial charge is 0.495 e. The molecule has 0 saturated carbocycles. The Morgan fingerprint density at radius 2 is 1.23 bits per heavy atom. The van der Waals surface area contributed by atoms with Crippen LogP contribution in [0.1, 0.15) is 31.2 Å². The predicted octanol–water partition coefficient (Wildman–Crippen LogP) is 3.05. The van der Waals surface area contributed by atoms with Crippen molar-refractivity contribution < 1.29 is 36.0 Å². The second-order valence-electron chi connectivity index (χ2n) is 4.91. The van der Waals surface area contributed by atoms with Crippen molar-refractivity contribution in [1.29, 1.82) is 0 Å². The number of hydrogen-bond acceptors (Lipinski definition) is 3. The van der Waals surface area contributed by atoms with Crippen molar-refractivity contribution in [2.45, 2.75) is 38.1 Å². The maximum absolute atomic E-state index is 13.4. The highest BCUT2D eigenvalue weighted by Gasteiger charge is 2.29. The number of halogens is 5. The number of rotatable bonds is 8. The second-order valence-corrected chi connectivity index (χ2v) is 7.30. The van der Waals surface area contributed by atoms with E-state index in [2.05, 4.69) is 4.43 Å². The van der Waals surface area contributed by atoms with E-state index in [-0.39, 0.29) is 18.9 Å². The molecule has 0 spiro atoms. The summed E-state index contributed by atoms with van der Waals surface area (Å²) in [5.74, 6) is -9.64. The van der Waals surface area contributed by atoms with Gasteiger partial charge in [0.25, 0.3) is 0 Å². The van der Waals surface area contributed by atoms with Gasteiger partial charge >= 0.3 is 8.80 Å². The van der Waals surface area contributed by atoms with Crippen molar-refractivity contribution in [3.8, 4) is 0 Å². The number of hydrogen-bond donors (Lipinski definition) is 2. The fourth-order valence-electron chi connectivity index (χ4n) is 1.98. The molecule has 1 rings (SSSR count). The van der Waals surface area contributed by atoms with Crippen molar-refractivity contribution in [2.24, 2.45) is 0 Å². The van der Waals surface area contributed by atoms with Gasteiger partial charge in [0.1, 0.15) is 0 Å². The van der Waals surface area contributed by atoms with Crippen molar-refractivity contribution in [3.63, 3.8) is 0 Å². The Bertz CT molecular complexity index is 496. The minimum Gasteiger partial charge on any atom is -0.390 e. The summed E-state index contributed by atoms with van der Waals surface area (Å²) in [6, 6.07) is 0.0893. The first kappa shape index (κ1) is 19.0. The smallest absolute Gasteiger partial charge is 0.390 e. The predicted molar refractivity (Wildman–Crippen MR) is 70.4 cm³/mol. The van der Waals surface area contributed by atoms with E-state index in [1.54, 1.807) is 0 Å². The molecule has 1 aromatic rings. The number of unbranched alkanes of at least 4 members (excludes halogenated alkanes) is 3. The van der Waals surface area contributed by atoms with Crippen molar-refractivity contribution in [2.75, 3.05) is 7.11 Å². The zero-order valence-corrected chi connectivity index (χ0v) is 12.9. The molecule has 0 radical (unpaired) electrons. The van der Waals surface area contributed by atoms with Crippen LogP contribution in [-0.4, -0.2) is 25.5 Å². The molecule has 0 aliphatic carbocycles. The first-order valence-corrected chi connectivity index (χ1v) is 8.72. The minimum atomic E-state index is -3.60. The lowest BCUT2D eigenvalue weighted by Gasteiger charge is -2.14. The van der Waals surface area contributed by atoms with Crippen LogP contribution in [0.4, 0.5) is 22.0 Å². The highest BCUT2D eigenvalue weighted by atomic mass is 28.4. The lowest BCUT2D eigenvalue weighted by molar-refractivity contribution is 0.183. The topological polar surface area (TPSA) is 49.7 Å². The summed E-state index contributed by atoms with van der Waals surface area (Å²) >= 11 is 0. The minimum absolute atomic E-state index is 0.0893. The Kier molecular flexibility index (Phi) is 6.91. The van der Waals surface area contributed by atoms with Gasteiger partial charge in [-0.25, -0.2) is 22.0 Å². The second kappa shape index (κ2) is 8.00. The van der Waals surface area contributed by atoms with Gasteiger partial charge in [-0.05, 0) is 19.3 Å². The Balaban J connectivity index is 2.50. The summed E-state index contributed by atoms with van der Waals surface area (Å²) in [4.78, 5) is 18.5. The molecule has 22 heavy (non-hydrogen) atoms. The molecule has 0 bridgehead atoms. The molecular formula is C13H17F5O3Si. The average Bonchev–Trinajstić information content (AvgIpc) is 2.49.